The summed E-state index contributed by atoms with van der Waals surface area (Å²) in [5, 5.41) is 9.37. The molecule has 0 radical (unpaired) electrons. The van der Waals surface area contributed by atoms with Gasteiger partial charge in [0.25, 0.3) is 0 Å². The quantitative estimate of drug-likeness (QED) is 0.330. The van der Waals surface area contributed by atoms with E-state index in [1.807, 2.05) is 10.5 Å². The average Bonchev–Trinajstić information content (AvgIpc) is 2.15. The van der Waals surface area contributed by atoms with Crippen LogP contribution in [0.2, 0.25) is 0 Å². The number of nitrogens with zero attached hydrogens (tertiary/aromatic N) is 1. The average molecular weight is 221 g/mol. The van der Waals surface area contributed by atoms with Gasteiger partial charge in [-0.15, -0.1) is 0 Å². The van der Waals surface area contributed by atoms with Crippen molar-refractivity contribution in [2.24, 2.45) is 5.84 Å². The highest BCUT2D eigenvalue weighted by molar-refractivity contribution is 5.69. The number of nitrogens with one attached hydrogen (secondary N) is 1. The normalized spacial score (nSPS) is 12.9. The molecule has 0 amide bonds. The maximum Gasteiger partial charge on any atom is 0.327 e. The number of carbonyl (C=O) groups excluding carboxylic acids is 1. The summed E-state index contributed by atoms with van der Waals surface area (Å²) in [4.78, 5) is 17.0. The van der Waals surface area contributed by atoms with Gasteiger partial charge in [-0.25, -0.2) is 5.84 Å². The van der Waals surface area contributed by atoms with E-state index in [0.29, 0.717) is 13.1 Å². The highest BCUT2D eigenvalue weighted by atomic mass is 16.7. The van der Waals surface area contributed by atoms with Gasteiger partial charge in [0.15, 0.2) is 0 Å². The van der Waals surface area contributed by atoms with Gasteiger partial charge in [-0.3, -0.25) is 4.79 Å². The summed E-state index contributed by atoms with van der Waals surface area (Å²) < 4.78 is 4.77. The van der Waals surface area contributed by atoms with E-state index in [-0.39, 0.29) is 13.0 Å². The summed E-state index contributed by atoms with van der Waals surface area (Å²) in [6.07, 6.45) is -0.343. The van der Waals surface area contributed by atoms with Crippen molar-refractivity contribution < 1.29 is 19.5 Å². The standard InChI is InChI=1S/C8H19N3O4/c1-11(5-7(12)6-14-2)4-3-8(13)15-10-9/h7,10,12H,3-6,9H2,1-2H3. The topological polar surface area (TPSA) is 97.0 Å². The molecule has 0 aliphatic rings. The second-order valence-corrected chi connectivity index (χ2v) is 3.21. The third-order valence-electron chi connectivity index (χ3n) is 1.75. The molecule has 0 aromatic rings. The molecule has 0 spiro atoms. The Hall–Kier alpha value is -0.730. The summed E-state index contributed by atoms with van der Waals surface area (Å²) in [6.45, 7) is 1.21. The summed E-state index contributed by atoms with van der Waals surface area (Å²) in [5.41, 5.74) is 1.81. The molecule has 0 fully saturated rings. The molecule has 4 N–H and O–H groups in total. The van der Waals surface area contributed by atoms with Crippen LogP contribution in [-0.4, -0.2) is 55.9 Å². The highest BCUT2D eigenvalue weighted by Crippen LogP contribution is 1.93. The van der Waals surface area contributed by atoms with E-state index in [0.717, 1.165) is 0 Å². The lowest BCUT2D eigenvalue weighted by Gasteiger charge is -2.19. The minimum atomic E-state index is -0.552. The van der Waals surface area contributed by atoms with Crippen molar-refractivity contribution in [2.75, 3.05) is 33.9 Å². The molecule has 0 bridgehead atoms. The van der Waals surface area contributed by atoms with Crippen LogP contribution < -0.4 is 11.4 Å². The molecule has 7 nitrogen and oxygen atoms in total. The van der Waals surface area contributed by atoms with Crippen molar-refractivity contribution in [1.29, 1.82) is 0 Å². The van der Waals surface area contributed by atoms with Gasteiger partial charge in [0, 0.05) is 20.2 Å². The lowest BCUT2D eigenvalue weighted by molar-refractivity contribution is -0.151. The van der Waals surface area contributed by atoms with Gasteiger partial charge in [0.1, 0.15) is 0 Å². The molecule has 1 atom stereocenters. The van der Waals surface area contributed by atoms with Gasteiger partial charge in [0.2, 0.25) is 0 Å². The number of likely N-dealkylation sites (N-methyl/N-ethyl adjacent to an activating group) is 1. The Morgan fingerprint density at radius 1 is 1.67 bits per heavy atom. The number of rotatable bonds is 8. The number of ether oxygens (including phenoxy) is 1. The van der Waals surface area contributed by atoms with Gasteiger partial charge < -0.3 is 19.6 Å². The molecule has 0 aromatic heterocycles. The first kappa shape index (κ1) is 14.3. The van der Waals surface area contributed by atoms with Crippen LogP contribution in [0.15, 0.2) is 0 Å². The summed E-state index contributed by atoms with van der Waals surface area (Å²) >= 11 is 0. The number of hydrogen-bond acceptors (Lipinski definition) is 7. The fourth-order valence-corrected chi connectivity index (χ4v) is 1.10. The second-order valence-electron chi connectivity index (χ2n) is 3.21. The molecule has 0 saturated carbocycles. The highest BCUT2D eigenvalue weighted by Gasteiger charge is 2.10. The molecule has 0 aliphatic heterocycles. The van der Waals surface area contributed by atoms with E-state index in [1.54, 1.807) is 7.05 Å². The Morgan fingerprint density at radius 2 is 2.33 bits per heavy atom. The molecule has 15 heavy (non-hydrogen) atoms. The van der Waals surface area contributed by atoms with Crippen molar-refractivity contribution in [2.45, 2.75) is 12.5 Å². The van der Waals surface area contributed by atoms with Gasteiger partial charge in [-0.2, -0.15) is 0 Å². The first-order valence-corrected chi connectivity index (χ1v) is 4.61. The molecule has 7 heteroatoms. The van der Waals surface area contributed by atoms with Gasteiger partial charge in [0.05, 0.1) is 19.1 Å². The van der Waals surface area contributed by atoms with Crippen molar-refractivity contribution in [1.82, 2.24) is 10.5 Å². The lowest BCUT2D eigenvalue weighted by atomic mass is 10.3. The fraction of sp³-hybridized carbons (Fsp3) is 0.875. The number of nitrogens with two attached hydrogens (primary N) is 1. The smallest absolute Gasteiger partial charge is 0.327 e. The molecule has 0 saturated heterocycles. The lowest BCUT2D eigenvalue weighted by Crippen LogP contribution is -2.34. The van der Waals surface area contributed by atoms with Gasteiger partial charge in [-0.1, -0.05) is 5.59 Å². The number of aliphatic hydroxyl groups excluding tert-OH is 1. The summed E-state index contributed by atoms with van der Waals surface area (Å²) in [7, 11) is 3.32. The zero-order valence-corrected chi connectivity index (χ0v) is 9.10. The molecular formula is C8H19N3O4. The van der Waals surface area contributed by atoms with E-state index in [4.69, 9.17) is 10.6 Å². The van der Waals surface area contributed by atoms with Crippen molar-refractivity contribution in [3.63, 3.8) is 0 Å². The van der Waals surface area contributed by atoms with Crippen molar-refractivity contribution in [3.05, 3.63) is 0 Å². The maximum absolute atomic E-state index is 10.9. The number of aliphatic hydroxyl groups is 1. The van der Waals surface area contributed by atoms with Crippen molar-refractivity contribution in [3.8, 4) is 0 Å². The van der Waals surface area contributed by atoms with E-state index >= 15 is 0 Å². The van der Waals surface area contributed by atoms with Crippen LogP contribution in [-0.2, 0) is 14.4 Å². The Kier molecular flexibility index (Phi) is 8.15. The predicted octanol–water partition coefficient (Wildman–Crippen LogP) is -1.76. The molecular weight excluding hydrogens is 202 g/mol. The number of hydrazine groups is 1. The van der Waals surface area contributed by atoms with E-state index in [1.165, 1.54) is 7.11 Å². The molecule has 0 rings (SSSR count). The molecule has 1 unspecified atom stereocenters. The van der Waals surface area contributed by atoms with E-state index < -0.39 is 12.1 Å². The van der Waals surface area contributed by atoms with Crippen LogP contribution in [0.3, 0.4) is 0 Å². The van der Waals surface area contributed by atoms with Crippen LogP contribution in [0, 0.1) is 0 Å². The molecule has 0 aliphatic carbocycles. The summed E-state index contributed by atoms with van der Waals surface area (Å²) in [6, 6.07) is 0. The zero-order chi connectivity index (χ0) is 11.7. The number of methoxy groups -OCH3 is 1. The Morgan fingerprint density at radius 3 is 2.87 bits per heavy atom. The zero-order valence-electron chi connectivity index (χ0n) is 9.10. The minimum absolute atomic E-state index is 0.209. The maximum atomic E-state index is 10.9. The predicted molar refractivity (Wildman–Crippen MR) is 53.4 cm³/mol. The Bertz CT molecular complexity index is 179. The van der Waals surface area contributed by atoms with Crippen LogP contribution in [0.4, 0.5) is 0 Å². The fourth-order valence-electron chi connectivity index (χ4n) is 1.10. The van der Waals surface area contributed by atoms with E-state index in [9.17, 15) is 9.90 Å². The monoisotopic (exact) mass is 221 g/mol. The Balaban J connectivity index is 3.55. The van der Waals surface area contributed by atoms with Crippen molar-refractivity contribution >= 4 is 5.97 Å². The third-order valence-corrected chi connectivity index (χ3v) is 1.75. The first-order valence-electron chi connectivity index (χ1n) is 4.61. The Labute approximate surface area is 89.1 Å². The van der Waals surface area contributed by atoms with Crippen LogP contribution >= 0.6 is 0 Å². The summed E-state index contributed by atoms with van der Waals surface area (Å²) in [5.74, 6) is 4.35. The SMILES string of the molecule is COCC(O)CN(C)CCC(=O)ONN. The minimum Gasteiger partial charge on any atom is -0.389 e. The van der Waals surface area contributed by atoms with Crippen LogP contribution in [0.25, 0.3) is 0 Å². The second kappa shape index (κ2) is 8.57. The van der Waals surface area contributed by atoms with Gasteiger partial charge >= 0.3 is 5.97 Å². The third kappa shape index (κ3) is 8.28. The van der Waals surface area contributed by atoms with Crippen LogP contribution in [0.1, 0.15) is 6.42 Å². The first-order chi connectivity index (χ1) is 7.10. The largest absolute Gasteiger partial charge is 0.389 e. The van der Waals surface area contributed by atoms with Crippen LogP contribution in [0.5, 0.6) is 0 Å². The molecule has 0 aromatic carbocycles. The number of hydrogen-bond donors (Lipinski definition) is 3. The molecule has 90 valence electrons. The van der Waals surface area contributed by atoms with E-state index in [2.05, 4.69) is 4.84 Å². The van der Waals surface area contributed by atoms with Gasteiger partial charge in [-0.05, 0) is 7.05 Å². The number of carbonyl (C=O) groups is 1. The molecule has 0 heterocycles.